The van der Waals surface area contributed by atoms with Gasteiger partial charge in [-0.25, -0.2) is 0 Å². The molecule has 0 atom stereocenters. The minimum atomic E-state index is 0.205. The summed E-state index contributed by atoms with van der Waals surface area (Å²) in [6.07, 6.45) is 0. The summed E-state index contributed by atoms with van der Waals surface area (Å²) in [5.74, 6) is 1.09. The molecule has 6 nitrogen and oxygen atoms in total. The summed E-state index contributed by atoms with van der Waals surface area (Å²) < 4.78 is 10.9. The first-order valence-corrected chi connectivity index (χ1v) is 6.44. The van der Waals surface area contributed by atoms with Crippen molar-refractivity contribution < 1.29 is 9.47 Å². The molecule has 1 N–H and O–H groups in total. The largest absolute Gasteiger partial charge is 0.464 e. The summed E-state index contributed by atoms with van der Waals surface area (Å²) in [5.41, 5.74) is 2.36. The monoisotopic (exact) mass is 274 g/mol. The van der Waals surface area contributed by atoms with Crippen LogP contribution in [-0.2, 0) is 0 Å². The van der Waals surface area contributed by atoms with Crippen molar-refractivity contribution in [1.29, 1.82) is 0 Å². The van der Waals surface area contributed by atoms with Crippen molar-refractivity contribution >= 4 is 5.95 Å². The molecular weight excluding hydrogens is 256 g/mol. The molecule has 0 saturated carbocycles. The highest BCUT2D eigenvalue weighted by atomic mass is 16.5. The summed E-state index contributed by atoms with van der Waals surface area (Å²) in [6.45, 7) is 6.43. The van der Waals surface area contributed by atoms with Gasteiger partial charge in [-0.1, -0.05) is 6.07 Å². The van der Waals surface area contributed by atoms with Crippen LogP contribution >= 0.6 is 0 Å². The van der Waals surface area contributed by atoms with Crippen LogP contribution in [0.3, 0.4) is 0 Å². The molecule has 2 rings (SSSR count). The number of rotatable bonds is 5. The van der Waals surface area contributed by atoms with Crippen molar-refractivity contribution in [3.63, 3.8) is 0 Å². The van der Waals surface area contributed by atoms with Gasteiger partial charge in [0.25, 0.3) is 0 Å². The molecule has 0 radical (unpaired) electrons. The van der Waals surface area contributed by atoms with Crippen LogP contribution in [0.1, 0.15) is 18.1 Å². The fourth-order valence-electron chi connectivity index (χ4n) is 1.57. The molecular formula is C14H18N4O2. The third kappa shape index (κ3) is 3.34. The van der Waals surface area contributed by atoms with Crippen molar-refractivity contribution in [1.82, 2.24) is 15.0 Å². The molecule has 1 aromatic carbocycles. The molecule has 0 aliphatic rings. The minimum absolute atomic E-state index is 0.205. The molecule has 0 spiro atoms. The molecule has 1 heterocycles. The normalized spacial score (nSPS) is 10.2. The highest BCUT2D eigenvalue weighted by Gasteiger charge is 2.09. The second kappa shape index (κ2) is 6.18. The predicted molar refractivity (Wildman–Crippen MR) is 76.5 cm³/mol. The Bertz CT molecular complexity index is 602. The Kier molecular flexibility index (Phi) is 4.34. The van der Waals surface area contributed by atoms with E-state index in [1.165, 1.54) is 5.56 Å². The van der Waals surface area contributed by atoms with E-state index in [2.05, 4.69) is 20.3 Å². The summed E-state index contributed by atoms with van der Waals surface area (Å²) in [4.78, 5) is 12.3. The van der Waals surface area contributed by atoms with Crippen LogP contribution in [0, 0.1) is 13.8 Å². The lowest BCUT2D eigenvalue weighted by Gasteiger charge is -2.09. The summed E-state index contributed by atoms with van der Waals surface area (Å²) in [5, 5.41) is 2.85. The van der Waals surface area contributed by atoms with Gasteiger partial charge in [0.15, 0.2) is 0 Å². The maximum Gasteiger partial charge on any atom is 0.330 e. The summed E-state index contributed by atoms with van der Waals surface area (Å²) >= 11 is 0. The molecule has 1 aromatic heterocycles. The Balaban J connectivity index is 2.27. The summed E-state index contributed by atoms with van der Waals surface area (Å²) in [7, 11) is 1.73. The van der Waals surface area contributed by atoms with E-state index in [4.69, 9.17) is 9.47 Å². The van der Waals surface area contributed by atoms with Gasteiger partial charge in [-0.2, -0.15) is 9.97 Å². The van der Waals surface area contributed by atoms with Gasteiger partial charge in [-0.15, -0.1) is 4.98 Å². The van der Waals surface area contributed by atoms with Crippen LogP contribution < -0.4 is 14.8 Å². The highest BCUT2D eigenvalue weighted by molar-refractivity contribution is 5.36. The lowest BCUT2D eigenvalue weighted by atomic mass is 10.1. The zero-order valence-corrected chi connectivity index (χ0v) is 12.1. The molecule has 0 aliphatic carbocycles. The number of benzene rings is 1. The maximum atomic E-state index is 5.66. The van der Waals surface area contributed by atoms with E-state index in [9.17, 15) is 0 Å². The van der Waals surface area contributed by atoms with E-state index >= 15 is 0 Å². The number of hydrogen-bond donors (Lipinski definition) is 1. The van der Waals surface area contributed by atoms with E-state index in [-0.39, 0.29) is 12.0 Å². The van der Waals surface area contributed by atoms with Crippen LogP contribution in [0.4, 0.5) is 5.95 Å². The van der Waals surface area contributed by atoms with Crippen molar-refractivity contribution in [3.05, 3.63) is 29.3 Å². The third-order valence-corrected chi connectivity index (χ3v) is 2.78. The molecule has 6 heteroatoms. The van der Waals surface area contributed by atoms with E-state index in [1.54, 1.807) is 7.05 Å². The van der Waals surface area contributed by atoms with Crippen LogP contribution in [0.15, 0.2) is 18.2 Å². The fourth-order valence-corrected chi connectivity index (χ4v) is 1.57. The van der Waals surface area contributed by atoms with Gasteiger partial charge in [0.05, 0.1) is 6.61 Å². The van der Waals surface area contributed by atoms with Gasteiger partial charge < -0.3 is 14.8 Å². The number of nitrogens with one attached hydrogen (secondary N) is 1. The van der Waals surface area contributed by atoms with Gasteiger partial charge in [0.1, 0.15) is 5.75 Å². The van der Waals surface area contributed by atoms with Crippen molar-refractivity contribution in [2.24, 2.45) is 0 Å². The molecule has 20 heavy (non-hydrogen) atoms. The SMILES string of the molecule is CCOc1nc(NC)nc(Oc2ccc(C)c(C)c2)n1. The van der Waals surface area contributed by atoms with Crippen molar-refractivity contribution in [2.45, 2.75) is 20.8 Å². The average molecular weight is 274 g/mol. The molecule has 0 bridgehead atoms. The number of hydrogen-bond acceptors (Lipinski definition) is 6. The Morgan fingerprint density at radius 3 is 2.45 bits per heavy atom. The lowest BCUT2D eigenvalue weighted by molar-refractivity contribution is 0.304. The Morgan fingerprint density at radius 2 is 1.80 bits per heavy atom. The molecule has 0 fully saturated rings. The lowest BCUT2D eigenvalue weighted by Crippen LogP contribution is -2.05. The molecule has 2 aromatic rings. The van der Waals surface area contributed by atoms with Crippen LogP contribution in [0.2, 0.25) is 0 Å². The molecule has 0 amide bonds. The van der Waals surface area contributed by atoms with Gasteiger partial charge in [0, 0.05) is 7.05 Å². The van der Waals surface area contributed by atoms with Crippen LogP contribution in [0.5, 0.6) is 17.8 Å². The molecule has 0 saturated heterocycles. The predicted octanol–water partition coefficient (Wildman–Crippen LogP) is 2.72. The van der Waals surface area contributed by atoms with Crippen molar-refractivity contribution in [2.75, 3.05) is 19.0 Å². The zero-order valence-electron chi connectivity index (χ0n) is 12.1. The highest BCUT2D eigenvalue weighted by Crippen LogP contribution is 2.22. The van der Waals surface area contributed by atoms with Gasteiger partial charge in [-0.3, -0.25) is 0 Å². The second-order valence-electron chi connectivity index (χ2n) is 4.26. The fraction of sp³-hybridized carbons (Fsp3) is 0.357. The Morgan fingerprint density at radius 1 is 1.05 bits per heavy atom. The molecule has 0 aliphatic heterocycles. The number of aromatic nitrogens is 3. The average Bonchev–Trinajstić information content (AvgIpc) is 2.43. The standard InChI is InChI=1S/C14H18N4O2/c1-5-19-13-16-12(15-4)17-14(18-13)20-11-7-6-9(2)10(3)8-11/h6-8H,5H2,1-4H3,(H,15,16,17,18). The van der Waals surface area contributed by atoms with Crippen LogP contribution in [-0.4, -0.2) is 28.6 Å². The van der Waals surface area contributed by atoms with E-state index in [0.29, 0.717) is 18.3 Å². The van der Waals surface area contributed by atoms with E-state index in [1.807, 2.05) is 39.0 Å². The zero-order chi connectivity index (χ0) is 14.5. The number of ether oxygens (including phenoxy) is 2. The first kappa shape index (κ1) is 14.0. The number of anilines is 1. The first-order valence-electron chi connectivity index (χ1n) is 6.44. The maximum absolute atomic E-state index is 5.66. The van der Waals surface area contributed by atoms with Gasteiger partial charge in [-0.05, 0) is 44.0 Å². The van der Waals surface area contributed by atoms with Gasteiger partial charge >= 0.3 is 12.0 Å². The van der Waals surface area contributed by atoms with E-state index in [0.717, 1.165) is 5.56 Å². The first-order chi connectivity index (χ1) is 9.62. The number of nitrogens with zero attached hydrogens (tertiary/aromatic N) is 3. The Labute approximate surface area is 118 Å². The summed E-state index contributed by atoms with van der Waals surface area (Å²) in [6, 6.07) is 6.26. The molecule has 0 unspecified atom stereocenters. The smallest absolute Gasteiger partial charge is 0.330 e. The second-order valence-corrected chi connectivity index (χ2v) is 4.26. The van der Waals surface area contributed by atoms with Crippen molar-refractivity contribution in [3.8, 4) is 17.8 Å². The minimum Gasteiger partial charge on any atom is -0.464 e. The number of aryl methyl sites for hydroxylation is 2. The van der Waals surface area contributed by atoms with E-state index < -0.39 is 0 Å². The molecule has 106 valence electrons. The van der Waals surface area contributed by atoms with Gasteiger partial charge in [0.2, 0.25) is 5.95 Å². The van der Waals surface area contributed by atoms with Crippen LogP contribution in [0.25, 0.3) is 0 Å². The third-order valence-electron chi connectivity index (χ3n) is 2.78. The topological polar surface area (TPSA) is 69.2 Å². The Hall–Kier alpha value is -2.37. The quantitative estimate of drug-likeness (QED) is 0.904.